The average Bonchev–Trinajstić information content (AvgIpc) is 2.74. The zero-order valence-electron chi connectivity index (χ0n) is 9.44. The smallest absolute Gasteiger partial charge is 0.170 e. The van der Waals surface area contributed by atoms with E-state index in [-0.39, 0.29) is 0 Å². The molecule has 0 saturated heterocycles. The Morgan fingerprint density at radius 1 is 1.25 bits per heavy atom. The molecule has 2 aromatic rings. The fourth-order valence-corrected chi connectivity index (χ4v) is 1.83. The molecular weight excluding hydrogens is 200 g/mol. The third-order valence-corrected chi connectivity index (χ3v) is 2.60. The van der Waals surface area contributed by atoms with Gasteiger partial charge in [-0.25, -0.2) is 0 Å². The number of nitrogens with zero attached hydrogens (tertiary/aromatic N) is 1. The minimum Gasteiger partial charge on any atom is -0.356 e. The standard InChI is InChI=1S/C13H16N2O/c1-2-6-11-12(9-14)15-16-13(11)10-7-4-3-5-8-10/h3-5,7-8H,2,6,9,14H2,1H3. The van der Waals surface area contributed by atoms with Crippen LogP contribution in [0.2, 0.25) is 0 Å². The molecule has 2 rings (SSSR count). The first-order valence-electron chi connectivity index (χ1n) is 5.59. The summed E-state index contributed by atoms with van der Waals surface area (Å²) in [7, 11) is 0. The van der Waals surface area contributed by atoms with Crippen LogP contribution in [-0.2, 0) is 13.0 Å². The predicted octanol–water partition coefficient (Wildman–Crippen LogP) is 2.75. The monoisotopic (exact) mass is 216 g/mol. The van der Waals surface area contributed by atoms with E-state index in [1.54, 1.807) is 0 Å². The van der Waals surface area contributed by atoms with Gasteiger partial charge in [0.2, 0.25) is 0 Å². The summed E-state index contributed by atoms with van der Waals surface area (Å²) in [4.78, 5) is 0. The highest BCUT2D eigenvalue weighted by Crippen LogP contribution is 2.27. The largest absolute Gasteiger partial charge is 0.356 e. The highest BCUT2D eigenvalue weighted by molar-refractivity contribution is 5.61. The van der Waals surface area contributed by atoms with Crippen molar-refractivity contribution in [3.8, 4) is 11.3 Å². The molecule has 0 aliphatic rings. The van der Waals surface area contributed by atoms with E-state index in [1.807, 2.05) is 30.3 Å². The molecule has 0 spiro atoms. The summed E-state index contributed by atoms with van der Waals surface area (Å²) >= 11 is 0. The predicted molar refractivity (Wildman–Crippen MR) is 63.8 cm³/mol. The van der Waals surface area contributed by atoms with Crippen molar-refractivity contribution in [2.75, 3.05) is 0 Å². The Hall–Kier alpha value is -1.61. The van der Waals surface area contributed by atoms with Gasteiger partial charge < -0.3 is 10.3 Å². The maximum atomic E-state index is 5.65. The quantitative estimate of drug-likeness (QED) is 0.855. The lowest BCUT2D eigenvalue weighted by molar-refractivity contribution is 0.423. The van der Waals surface area contributed by atoms with Gasteiger partial charge in [0.25, 0.3) is 0 Å². The van der Waals surface area contributed by atoms with Crippen molar-refractivity contribution < 1.29 is 4.52 Å². The van der Waals surface area contributed by atoms with E-state index in [0.29, 0.717) is 6.54 Å². The first-order chi connectivity index (χ1) is 7.86. The SMILES string of the molecule is CCCc1c(CN)noc1-c1ccccc1. The average molecular weight is 216 g/mol. The minimum absolute atomic E-state index is 0.436. The molecule has 1 aromatic carbocycles. The van der Waals surface area contributed by atoms with Gasteiger partial charge in [-0.15, -0.1) is 0 Å². The fourth-order valence-electron chi connectivity index (χ4n) is 1.83. The molecule has 0 saturated carbocycles. The van der Waals surface area contributed by atoms with Crippen molar-refractivity contribution in [3.05, 3.63) is 41.6 Å². The molecule has 0 amide bonds. The zero-order chi connectivity index (χ0) is 11.4. The molecule has 16 heavy (non-hydrogen) atoms. The van der Waals surface area contributed by atoms with Crippen LogP contribution in [-0.4, -0.2) is 5.16 Å². The van der Waals surface area contributed by atoms with Gasteiger partial charge in [0.15, 0.2) is 5.76 Å². The molecule has 0 unspecified atom stereocenters. The van der Waals surface area contributed by atoms with Crippen LogP contribution >= 0.6 is 0 Å². The number of nitrogens with two attached hydrogens (primary N) is 1. The first kappa shape index (κ1) is 10.9. The molecule has 2 N–H and O–H groups in total. The highest BCUT2D eigenvalue weighted by Gasteiger charge is 2.15. The second-order valence-corrected chi connectivity index (χ2v) is 3.76. The van der Waals surface area contributed by atoms with Crippen LogP contribution in [0.15, 0.2) is 34.9 Å². The van der Waals surface area contributed by atoms with Crippen LogP contribution in [0.1, 0.15) is 24.6 Å². The number of hydrogen-bond donors (Lipinski definition) is 1. The lowest BCUT2D eigenvalue weighted by Gasteiger charge is -2.01. The lowest BCUT2D eigenvalue weighted by Crippen LogP contribution is -2.00. The van der Waals surface area contributed by atoms with E-state index in [9.17, 15) is 0 Å². The Kier molecular flexibility index (Phi) is 3.37. The second kappa shape index (κ2) is 4.94. The van der Waals surface area contributed by atoms with E-state index < -0.39 is 0 Å². The summed E-state index contributed by atoms with van der Waals surface area (Å²) in [5.41, 5.74) is 8.74. The Labute approximate surface area is 95.3 Å². The van der Waals surface area contributed by atoms with Crippen molar-refractivity contribution in [2.24, 2.45) is 5.73 Å². The van der Waals surface area contributed by atoms with E-state index in [1.165, 1.54) is 0 Å². The maximum absolute atomic E-state index is 5.65. The van der Waals surface area contributed by atoms with Gasteiger partial charge in [0, 0.05) is 17.7 Å². The Balaban J connectivity index is 2.44. The van der Waals surface area contributed by atoms with Crippen LogP contribution in [0.4, 0.5) is 0 Å². The van der Waals surface area contributed by atoms with Crippen molar-refractivity contribution in [1.29, 1.82) is 0 Å². The first-order valence-corrected chi connectivity index (χ1v) is 5.59. The Morgan fingerprint density at radius 2 is 2.00 bits per heavy atom. The molecule has 84 valence electrons. The van der Waals surface area contributed by atoms with E-state index in [2.05, 4.69) is 12.1 Å². The van der Waals surface area contributed by atoms with Gasteiger partial charge in [0.1, 0.15) is 5.69 Å². The molecule has 0 fully saturated rings. The van der Waals surface area contributed by atoms with Crippen molar-refractivity contribution >= 4 is 0 Å². The molecule has 0 aliphatic carbocycles. The third kappa shape index (κ3) is 1.99. The van der Waals surface area contributed by atoms with Crippen molar-refractivity contribution in [2.45, 2.75) is 26.3 Å². The highest BCUT2D eigenvalue weighted by atomic mass is 16.5. The normalized spacial score (nSPS) is 10.6. The Bertz CT molecular complexity index is 448. The summed E-state index contributed by atoms with van der Waals surface area (Å²) in [5.74, 6) is 0.864. The molecule has 3 nitrogen and oxygen atoms in total. The maximum Gasteiger partial charge on any atom is 0.170 e. The zero-order valence-corrected chi connectivity index (χ0v) is 9.44. The molecule has 1 aromatic heterocycles. The number of rotatable bonds is 4. The topological polar surface area (TPSA) is 52.0 Å². The molecule has 0 radical (unpaired) electrons. The van der Waals surface area contributed by atoms with Crippen LogP contribution < -0.4 is 5.73 Å². The molecule has 1 heterocycles. The van der Waals surface area contributed by atoms with Crippen LogP contribution in [0.25, 0.3) is 11.3 Å². The molecule has 3 heteroatoms. The van der Waals surface area contributed by atoms with Gasteiger partial charge in [-0.05, 0) is 6.42 Å². The van der Waals surface area contributed by atoms with E-state index in [0.717, 1.165) is 35.4 Å². The molecule has 0 bridgehead atoms. The Morgan fingerprint density at radius 3 is 2.62 bits per heavy atom. The summed E-state index contributed by atoms with van der Waals surface area (Å²) in [6.07, 6.45) is 2.02. The molecule has 0 atom stereocenters. The number of aromatic nitrogens is 1. The van der Waals surface area contributed by atoms with E-state index >= 15 is 0 Å². The fraction of sp³-hybridized carbons (Fsp3) is 0.308. The van der Waals surface area contributed by atoms with Crippen LogP contribution in [0, 0.1) is 0 Å². The van der Waals surface area contributed by atoms with E-state index in [4.69, 9.17) is 10.3 Å². The number of hydrogen-bond acceptors (Lipinski definition) is 3. The molecule has 0 aliphatic heterocycles. The van der Waals surface area contributed by atoms with Gasteiger partial charge >= 0.3 is 0 Å². The molecular formula is C13H16N2O. The van der Waals surface area contributed by atoms with Gasteiger partial charge in [-0.1, -0.05) is 48.8 Å². The third-order valence-electron chi connectivity index (χ3n) is 2.60. The van der Waals surface area contributed by atoms with Gasteiger partial charge in [-0.2, -0.15) is 0 Å². The van der Waals surface area contributed by atoms with Crippen molar-refractivity contribution in [1.82, 2.24) is 5.16 Å². The summed E-state index contributed by atoms with van der Waals surface area (Å²) in [6.45, 7) is 2.58. The number of benzene rings is 1. The minimum atomic E-state index is 0.436. The summed E-state index contributed by atoms with van der Waals surface area (Å²) < 4.78 is 5.40. The summed E-state index contributed by atoms with van der Waals surface area (Å²) in [6, 6.07) is 10.0. The van der Waals surface area contributed by atoms with Gasteiger partial charge in [-0.3, -0.25) is 0 Å². The van der Waals surface area contributed by atoms with Gasteiger partial charge in [0.05, 0.1) is 0 Å². The lowest BCUT2D eigenvalue weighted by atomic mass is 10.0. The van der Waals surface area contributed by atoms with Crippen LogP contribution in [0.3, 0.4) is 0 Å². The second-order valence-electron chi connectivity index (χ2n) is 3.76. The van der Waals surface area contributed by atoms with Crippen LogP contribution in [0.5, 0.6) is 0 Å². The summed E-state index contributed by atoms with van der Waals surface area (Å²) in [5, 5.41) is 4.03. The van der Waals surface area contributed by atoms with Crippen molar-refractivity contribution in [3.63, 3.8) is 0 Å².